The molecule has 0 radical (unpaired) electrons. The Morgan fingerprint density at radius 3 is 2.33 bits per heavy atom. The minimum Gasteiger partial charge on any atom is -0.497 e. The molecule has 2 N–H and O–H groups in total. The molecule has 0 atom stereocenters. The lowest BCUT2D eigenvalue weighted by Crippen LogP contribution is -2.18. The molecule has 176 valence electrons. The van der Waals surface area contributed by atoms with E-state index in [4.69, 9.17) is 10.5 Å². The first kappa shape index (κ1) is 23.0. The second-order valence-electron chi connectivity index (χ2n) is 8.15. The Morgan fingerprint density at radius 1 is 1.03 bits per heavy atom. The number of methoxy groups -OCH3 is 1. The Balaban J connectivity index is 2.02. The Morgan fingerprint density at radius 2 is 1.69 bits per heavy atom. The number of nitrogens with two attached hydrogens (primary N) is 1. The fourth-order valence-electron chi connectivity index (χ4n) is 4.14. The maximum atomic E-state index is 13.5. The summed E-state index contributed by atoms with van der Waals surface area (Å²) in [7, 11) is 1.57. The molecule has 0 fully saturated rings. The molecule has 3 aromatic rings. The first-order chi connectivity index (χ1) is 17.4. The van der Waals surface area contributed by atoms with Crippen molar-refractivity contribution < 1.29 is 9.53 Å². The van der Waals surface area contributed by atoms with Crippen LogP contribution in [-0.2, 0) is 0 Å². The van der Waals surface area contributed by atoms with Gasteiger partial charge in [-0.2, -0.15) is 10.3 Å². The van der Waals surface area contributed by atoms with Gasteiger partial charge in [0, 0.05) is 22.0 Å². The summed E-state index contributed by atoms with van der Waals surface area (Å²) in [5.41, 5.74) is 8.16. The predicted molar refractivity (Wildman–Crippen MR) is 139 cm³/mol. The van der Waals surface area contributed by atoms with E-state index >= 15 is 0 Å². The molecule has 1 aliphatic carbocycles. The van der Waals surface area contributed by atoms with E-state index in [0.29, 0.717) is 33.1 Å². The molecule has 0 spiro atoms. The molecule has 7 nitrogen and oxygen atoms in total. The van der Waals surface area contributed by atoms with Crippen molar-refractivity contribution >= 4 is 33.0 Å². The van der Waals surface area contributed by atoms with E-state index in [9.17, 15) is 14.9 Å². The number of carbonyl (C=O) groups is 1. The number of anilines is 1. The van der Waals surface area contributed by atoms with Gasteiger partial charge in [0.05, 0.1) is 23.2 Å². The SMILES string of the molecule is COc1ccc(-n2c(=NC(=O)c3ccc(C)cc3)sc(N)c(C#N)c3c(=O)c4ccccc4c2=3)cc1. The zero-order chi connectivity index (χ0) is 25.4. The smallest absolute Gasteiger partial charge is 0.279 e. The number of rotatable bonds is 3. The largest absolute Gasteiger partial charge is 0.497 e. The summed E-state index contributed by atoms with van der Waals surface area (Å²) in [6.07, 6.45) is 0. The van der Waals surface area contributed by atoms with E-state index in [0.717, 1.165) is 16.9 Å². The van der Waals surface area contributed by atoms with Gasteiger partial charge in [-0.1, -0.05) is 53.3 Å². The van der Waals surface area contributed by atoms with E-state index < -0.39 is 5.91 Å². The fraction of sp³-hybridized carbons (Fsp3) is 0.0714. The average molecular weight is 493 g/mol. The lowest BCUT2D eigenvalue weighted by Gasteiger charge is -2.08. The van der Waals surface area contributed by atoms with Gasteiger partial charge in [0.25, 0.3) is 5.91 Å². The van der Waals surface area contributed by atoms with Gasteiger partial charge in [0.1, 0.15) is 16.8 Å². The van der Waals surface area contributed by atoms with Crippen LogP contribution in [0.15, 0.2) is 82.6 Å². The molecule has 36 heavy (non-hydrogen) atoms. The van der Waals surface area contributed by atoms with Crippen LogP contribution in [-0.4, -0.2) is 17.6 Å². The molecule has 1 aliphatic heterocycles. The number of aromatic nitrogens is 1. The van der Waals surface area contributed by atoms with Crippen LogP contribution >= 0.6 is 11.3 Å². The Kier molecular flexibility index (Phi) is 5.84. The van der Waals surface area contributed by atoms with Gasteiger partial charge in [-0.05, 0) is 43.3 Å². The van der Waals surface area contributed by atoms with Crippen LogP contribution in [0.1, 0.15) is 21.5 Å². The van der Waals surface area contributed by atoms with Crippen LogP contribution < -0.4 is 20.7 Å². The highest BCUT2D eigenvalue weighted by atomic mass is 32.1. The van der Waals surface area contributed by atoms with E-state index in [1.54, 1.807) is 60.2 Å². The van der Waals surface area contributed by atoms with Crippen LogP contribution in [0.25, 0.3) is 16.5 Å². The van der Waals surface area contributed by atoms with Crippen LogP contribution in [0, 0.1) is 28.8 Å². The highest BCUT2D eigenvalue weighted by Crippen LogP contribution is 2.23. The van der Waals surface area contributed by atoms with Gasteiger partial charge in [-0.15, -0.1) is 0 Å². The van der Waals surface area contributed by atoms with Gasteiger partial charge in [0.2, 0.25) is 0 Å². The summed E-state index contributed by atoms with van der Waals surface area (Å²) in [4.78, 5) is 31.4. The Labute approximate surface area is 209 Å². The van der Waals surface area contributed by atoms with Gasteiger partial charge in [-0.3, -0.25) is 14.2 Å². The highest BCUT2D eigenvalue weighted by Gasteiger charge is 2.18. The van der Waals surface area contributed by atoms with Crippen molar-refractivity contribution in [1.29, 1.82) is 5.26 Å². The zero-order valence-electron chi connectivity index (χ0n) is 19.5. The van der Waals surface area contributed by atoms with Crippen LogP contribution in [0.4, 0.5) is 5.00 Å². The van der Waals surface area contributed by atoms with Gasteiger partial charge >= 0.3 is 0 Å². The number of benzene rings is 3. The number of ether oxygens (including phenoxy) is 1. The number of nitrogens with zero attached hydrogens (tertiary/aromatic N) is 3. The van der Waals surface area contributed by atoms with Gasteiger partial charge in [0.15, 0.2) is 10.2 Å². The van der Waals surface area contributed by atoms with E-state index in [2.05, 4.69) is 11.1 Å². The average Bonchev–Trinajstić information content (AvgIpc) is 3.10. The van der Waals surface area contributed by atoms with Crippen molar-refractivity contribution in [2.24, 2.45) is 4.99 Å². The lowest BCUT2D eigenvalue weighted by atomic mass is 10.1. The standard InChI is InChI=1S/C28H20N4O3S/c1-16-7-9-17(10-8-16)27(34)31-28-32(18-11-13-19(35-2)14-12-18)24-20-5-3-4-6-21(20)25(33)23(24)22(15-29)26(30)36-28/h3-14H,30H2,1-2H3. The second-order valence-corrected chi connectivity index (χ2v) is 9.16. The molecule has 1 amide bonds. The molecule has 0 bridgehead atoms. The summed E-state index contributed by atoms with van der Waals surface area (Å²) in [5.74, 6) is 0.173. The van der Waals surface area contributed by atoms with Crippen molar-refractivity contribution in [2.75, 3.05) is 12.8 Å². The zero-order valence-corrected chi connectivity index (χ0v) is 20.3. The van der Waals surface area contributed by atoms with Gasteiger partial charge in [-0.25, -0.2) is 0 Å². The molecule has 8 heteroatoms. The quantitative estimate of drug-likeness (QED) is 0.404. The summed E-state index contributed by atoms with van der Waals surface area (Å²) in [6, 6.07) is 23.5. The summed E-state index contributed by atoms with van der Waals surface area (Å²) >= 11 is 0.977. The third kappa shape index (κ3) is 3.82. The van der Waals surface area contributed by atoms with Crippen molar-refractivity contribution in [3.63, 3.8) is 0 Å². The van der Waals surface area contributed by atoms with E-state index in [1.807, 2.05) is 31.2 Å². The number of amides is 1. The van der Waals surface area contributed by atoms with Crippen molar-refractivity contribution in [2.45, 2.75) is 6.92 Å². The fourth-order valence-corrected chi connectivity index (χ4v) is 5.01. The first-order valence-electron chi connectivity index (χ1n) is 11.0. The van der Waals surface area contributed by atoms with Crippen molar-refractivity contribution in [3.8, 4) is 17.5 Å². The Hall–Kier alpha value is -4.74. The van der Waals surface area contributed by atoms with Crippen molar-refractivity contribution in [3.05, 3.63) is 115 Å². The van der Waals surface area contributed by atoms with Crippen LogP contribution in [0.3, 0.4) is 0 Å². The maximum Gasteiger partial charge on any atom is 0.279 e. The lowest BCUT2D eigenvalue weighted by molar-refractivity contribution is 0.0998. The number of aryl methyl sites for hydroxylation is 1. The summed E-state index contributed by atoms with van der Waals surface area (Å²) < 4.78 is 7.02. The van der Waals surface area contributed by atoms with E-state index in [1.165, 1.54) is 0 Å². The number of nitrogen functional groups attached to an aromatic ring is 1. The van der Waals surface area contributed by atoms with Crippen LogP contribution in [0.5, 0.6) is 5.75 Å². The normalized spacial score (nSPS) is 11.5. The minimum absolute atomic E-state index is 0.0581. The predicted octanol–water partition coefficient (Wildman–Crippen LogP) is 4.29. The monoisotopic (exact) mass is 492 g/mol. The third-order valence-corrected chi connectivity index (χ3v) is 6.82. The summed E-state index contributed by atoms with van der Waals surface area (Å²) in [6.45, 7) is 1.93. The van der Waals surface area contributed by atoms with Gasteiger partial charge < -0.3 is 10.5 Å². The minimum atomic E-state index is -0.469. The highest BCUT2D eigenvalue weighted by molar-refractivity contribution is 7.13. The Bertz CT molecular complexity index is 1880. The molecule has 3 aromatic carbocycles. The molecule has 0 aromatic heterocycles. The number of carbonyl (C=O) groups excluding carboxylic acids is 1. The molecular weight excluding hydrogens is 472 g/mol. The number of fused-ring (bicyclic) bond motifs is 2. The first-order valence-corrected chi connectivity index (χ1v) is 11.8. The molecule has 5 rings (SSSR count). The third-order valence-electron chi connectivity index (χ3n) is 5.94. The number of hydrogen-bond acceptors (Lipinski definition) is 6. The molecule has 2 aliphatic rings. The maximum absolute atomic E-state index is 13.5. The molecule has 0 unspecified atom stereocenters. The topological polar surface area (TPSA) is 110 Å². The molecule has 0 saturated carbocycles. The van der Waals surface area contributed by atoms with Crippen molar-refractivity contribution in [1.82, 2.24) is 4.57 Å². The molecule has 1 heterocycles. The molecule has 0 saturated heterocycles. The number of hydrogen-bond donors (Lipinski definition) is 1. The van der Waals surface area contributed by atoms with E-state index in [-0.39, 0.29) is 26.0 Å². The number of nitriles is 1. The second kappa shape index (κ2) is 9.13. The molecular formula is C28H20N4O3S. The van der Waals surface area contributed by atoms with Crippen LogP contribution in [0.2, 0.25) is 0 Å². The summed E-state index contributed by atoms with van der Waals surface area (Å²) in [5, 5.41) is 11.8.